The van der Waals surface area contributed by atoms with Gasteiger partial charge in [-0.2, -0.15) is 0 Å². The molecule has 4 rings (SSSR count). The van der Waals surface area contributed by atoms with E-state index < -0.39 is 10.8 Å². The molecule has 32 heavy (non-hydrogen) atoms. The second kappa shape index (κ2) is 8.98. The number of nitrogens with one attached hydrogen (secondary N) is 2. The van der Waals surface area contributed by atoms with E-state index in [9.17, 15) is 19.7 Å². The Morgan fingerprint density at radius 1 is 1.03 bits per heavy atom. The van der Waals surface area contributed by atoms with Crippen molar-refractivity contribution in [2.45, 2.75) is 45.6 Å². The van der Waals surface area contributed by atoms with Gasteiger partial charge in [0.15, 0.2) is 0 Å². The van der Waals surface area contributed by atoms with Crippen LogP contribution in [0.25, 0.3) is 0 Å². The zero-order chi connectivity index (χ0) is 22.8. The van der Waals surface area contributed by atoms with Crippen LogP contribution in [0.4, 0.5) is 17.1 Å². The molecule has 0 atom stereocenters. The molecule has 2 aromatic rings. The van der Waals surface area contributed by atoms with E-state index in [2.05, 4.69) is 22.5 Å². The van der Waals surface area contributed by atoms with Crippen LogP contribution in [0.2, 0.25) is 0 Å². The number of anilines is 2. The number of rotatable bonds is 6. The van der Waals surface area contributed by atoms with Crippen molar-refractivity contribution < 1.29 is 14.5 Å². The zero-order valence-electron chi connectivity index (χ0n) is 18.4. The first kappa shape index (κ1) is 21.8. The molecule has 0 aromatic heterocycles. The number of carbonyl (C=O) groups excluding carboxylic acids is 2. The van der Waals surface area contributed by atoms with Gasteiger partial charge in [0.1, 0.15) is 5.56 Å². The van der Waals surface area contributed by atoms with E-state index >= 15 is 0 Å². The predicted octanol–water partition coefficient (Wildman–Crippen LogP) is 4.28. The molecule has 2 N–H and O–H groups in total. The summed E-state index contributed by atoms with van der Waals surface area (Å²) in [6.07, 6.45) is 4.06. The number of piperidine rings is 1. The lowest BCUT2D eigenvalue weighted by Gasteiger charge is -2.32. The standard InChI is InChI=1S/C24H28N4O4/c1-15-9-11-27(12-10-15)19-7-8-22(28(31)32)20(14-19)24(30)26-21-13-17(4-3-16(21)2)23(29)25-18-5-6-18/h3-4,7-8,13-15,18H,5-6,9-12H2,1-2H3,(H,25,29)(H,26,30). The summed E-state index contributed by atoms with van der Waals surface area (Å²) in [5.74, 6) is -0.0958. The lowest BCUT2D eigenvalue weighted by atomic mass is 9.98. The minimum Gasteiger partial charge on any atom is -0.371 e. The zero-order valence-corrected chi connectivity index (χ0v) is 18.4. The van der Waals surface area contributed by atoms with Crippen molar-refractivity contribution >= 4 is 28.9 Å². The highest BCUT2D eigenvalue weighted by atomic mass is 16.6. The highest BCUT2D eigenvalue weighted by Gasteiger charge is 2.26. The number of nitro benzene ring substituents is 1. The van der Waals surface area contributed by atoms with Crippen molar-refractivity contribution in [2.75, 3.05) is 23.3 Å². The maximum atomic E-state index is 13.1. The highest BCUT2D eigenvalue weighted by Crippen LogP contribution is 2.29. The fraction of sp³-hybridized carbons (Fsp3) is 0.417. The summed E-state index contributed by atoms with van der Waals surface area (Å²) in [6.45, 7) is 5.75. The topological polar surface area (TPSA) is 105 Å². The van der Waals surface area contributed by atoms with Crippen LogP contribution >= 0.6 is 0 Å². The van der Waals surface area contributed by atoms with E-state index in [1.165, 1.54) is 6.07 Å². The van der Waals surface area contributed by atoms with Gasteiger partial charge in [0.2, 0.25) is 0 Å². The quantitative estimate of drug-likeness (QED) is 0.519. The number of hydrogen-bond donors (Lipinski definition) is 2. The number of hydrogen-bond acceptors (Lipinski definition) is 5. The molecular formula is C24H28N4O4. The Kier molecular flexibility index (Phi) is 6.12. The van der Waals surface area contributed by atoms with E-state index in [1.54, 1.807) is 30.3 Å². The first-order chi connectivity index (χ1) is 15.3. The van der Waals surface area contributed by atoms with Gasteiger partial charge in [-0.25, -0.2) is 0 Å². The summed E-state index contributed by atoms with van der Waals surface area (Å²) in [5, 5.41) is 17.3. The summed E-state index contributed by atoms with van der Waals surface area (Å²) >= 11 is 0. The average molecular weight is 437 g/mol. The van der Waals surface area contributed by atoms with Crippen molar-refractivity contribution in [1.82, 2.24) is 5.32 Å². The van der Waals surface area contributed by atoms with E-state index in [-0.39, 0.29) is 23.2 Å². The number of aryl methyl sites for hydroxylation is 1. The van der Waals surface area contributed by atoms with Crippen LogP contribution in [-0.4, -0.2) is 35.9 Å². The van der Waals surface area contributed by atoms with Crippen molar-refractivity contribution in [3.8, 4) is 0 Å². The molecule has 1 heterocycles. The van der Waals surface area contributed by atoms with Gasteiger partial charge in [0.05, 0.1) is 4.92 Å². The molecule has 1 saturated carbocycles. The second-order valence-electron chi connectivity index (χ2n) is 8.86. The van der Waals surface area contributed by atoms with Gasteiger partial charge in [-0.05, 0) is 68.4 Å². The maximum absolute atomic E-state index is 13.1. The van der Waals surface area contributed by atoms with Gasteiger partial charge in [0.25, 0.3) is 17.5 Å². The summed E-state index contributed by atoms with van der Waals surface area (Å²) in [5.41, 5.74) is 2.26. The number of nitrogens with zero attached hydrogens (tertiary/aromatic N) is 2. The van der Waals surface area contributed by atoms with Crippen molar-refractivity contribution in [3.63, 3.8) is 0 Å². The number of amides is 2. The van der Waals surface area contributed by atoms with Crippen molar-refractivity contribution in [1.29, 1.82) is 0 Å². The van der Waals surface area contributed by atoms with E-state index in [1.807, 2.05) is 6.92 Å². The molecule has 8 heteroatoms. The molecule has 2 aromatic carbocycles. The fourth-order valence-corrected chi connectivity index (χ4v) is 3.91. The normalized spacial score (nSPS) is 16.5. The first-order valence-corrected chi connectivity index (χ1v) is 11.1. The fourth-order valence-electron chi connectivity index (χ4n) is 3.91. The largest absolute Gasteiger partial charge is 0.371 e. The van der Waals surface area contributed by atoms with Crippen LogP contribution in [0.5, 0.6) is 0 Å². The Morgan fingerprint density at radius 2 is 1.75 bits per heavy atom. The summed E-state index contributed by atoms with van der Waals surface area (Å²) in [4.78, 5) is 38.7. The van der Waals surface area contributed by atoms with Crippen LogP contribution in [0.3, 0.4) is 0 Å². The van der Waals surface area contributed by atoms with Gasteiger partial charge < -0.3 is 15.5 Å². The average Bonchev–Trinajstić information content (AvgIpc) is 3.59. The third-order valence-electron chi connectivity index (χ3n) is 6.23. The first-order valence-electron chi connectivity index (χ1n) is 11.1. The van der Waals surface area contributed by atoms with Crippen LogP contribution in [-0.2, 0) is 0 Å². The van der Waals surface area contributed by atoms with E-state index in [0.717, 1.165) is 50.0 Å². The molecule has 1 aliphatic heterocycles. The SMILES string of the molecule is Cc1ccc(C(=O)NC2CC2)cc1NC(=O)c1cc(N2CCC(C)CC2)ccc1[N+](=O)[O-]. The summed E-state index contributed by atoms with van der Waals surface area (Å²) in [6, 6.07) is 10.0. The molecule has 2 aliphatic rings. The Labute approximate surface area is 187 Å². The maximum Gasteiger partial charge on any atom is 0.282 e. The van der Waals surface area contributed by atoms with Gasteiger partial charge in [-0.15, -0.1) is 0 Å². The smallest absolute Gasteiger partial charge is 0.282 e. The third kappa shape index (κ3) is 4.90. The molecule has 0 unspecified atom stereocenters. The third-order valence-corrected chi connectivity index (χ3v) is 6.23. The Hall–Kier alpha value is -3.42. The van der Waals surface area contributed by atoms with Gasteiger partial charge in [0, 0.05) is 42.1 Å². The molecule has 168 valence electrons. The van der Waals surface area contributed by atoms with Crippen LogP contribution in [0, 0.1) is 23.0 Å². The van der Waals surface area contributed by atoms with Gasteiger partial charge in [-0.3, -0.25) is 19.7 Å². The molecule has 8 nitrogen and oxygen atoms in total. The Balaban J connectivity index is 1.58. The Morgan fingerprint density at radius 3 is 2.41 bits per heavy atom. The lowest BCUT2D eigenvalue weighted by molar-refractivity contribution is -0.385. The molecular weight excluding hydrogens is 408 g/mol. The molecule has 2 amide bonds. The molecule has 0 spiro atoms. The Bertz CT molecular complexity index is 1060. The van der Waals surface area contributed by atoms with Crippen LogP contribution < -0.4 is 15.5 Å². The van der Waals surface area contributed by atoms with Gasteiger partial charge in [-0.1, -0.05) is 13.0 Å². The minimum atomic E-state index is -0.563. The van der Waals surface area contributed by atoms with Crippen LogP contribution in [0.1, 0.15) is 58.9 Å². The summed E-state index contributed by atoms with van der Waals surface area (Å²) in [7, 11) is 0. The van der Waals surface area contributed by atoms with Crippen molar-refractivity contribution in [3.05, 3.63) is 63.2 Å². The number of nitro groups is 1. The molecule has 1 aliphatic carbocycles. The van der Waals surface area contributed by atoms with E-state index in [0.29, 0.717) is 17.2 Å². The lowest BCUT2D eigenvalue weighted by Crippen LogP contribution is -2.33. The van der Waals surface area contributed by atoms with Crippen LogP contribution in [0.15, 0.2) is 36.4 Å². The number of benzene rings is 2. The van der Waals surface area contributed by atoms with Gasteiger partial charge >= 0.3 is 0 Å². The highest BCUT2D eigenvalue weighted by molar-refractivity contribution is 6.08. The number of carbonyl (C=O) groups is 2. The van der Waals surface area contributed by atoms with Crippen molar-refractivity contribution in [2.24, 2.45) is 5.92 Å². The predicted molar refractivity (Wildman–Crippen MR) is 123 cm³/mol. The molecule has 0 bridgehead atoms. The molecule has 1 saturated heterocycles. The summed E-state index contributed by atoms with van der Waals surface area (Å²) < 4.78 is 0. The minimum absolute atomic E-state index is 0.0124. The van der Waals surface area contributed by atoms with E-state index in [4.69, 9.17) is 0 Å². The monoisotopic (exact) mass is 436 g/mol. The second-order valence-corrected chi connectivity index (χ2v) is 8.86. The molecule has 2 fully saturated rings. The molecule has 0 radical (unpaired) electrons.